The molecule has 0 saturated carbocycles. The molecule has 12 heteroatoms. The minimum absolute atomic E-state index is 0.114. The third-order valence-electron chi connectivity index (χ3n) is 5.14. The molecule has 5 rings (SSSR count). The zero-order chi connectivity index (χ0) is 22.2. The van der Waals surface area contributed by atoms with Crippen LogP contribution in [0.25, 0.3) is 5.69 Å². The van der Waals surface area contributed by atoms with Crippen LogP contribution in [0.5, 0.6) is 0 Å². The summed E-state index contributed by atoms with van der Waals surface area (Å²) in [6.45, 7) is 0. The number of β-lactam (4-membered cyclic amide) rings is 1. The van der Waals surface area contributed by atoms with Crippen molar-refractivity contribution in [3.8, 4) is 5.69 Å². The van der Waals surface area contributed by atoms with Crippen molar-refractivity contribution in [3.05, 3.63) is 53.2 Å². The molecular formula is C20H18N4O4S4. The molecule has 1 aromatic carbocycles. The van der Waals surface area contributed by atoms with Gasteiger partial charge in [0.25, 0.3) is 5.91 Å². The van der Waals surface area contributed by atoms with Crippen LogP contribution in [-0.2, 0) is 19.5 Å². The Morgan fingerprint density at radius 2 is 2.06 bits per heavy atom. The maximum atomic E-state index is 12.8. The molecule has 2 fully saturated rings. The van der Waals surface area contributed by atoms with E-state index < -0.39 is 33.2 Å². The smallest absolute Gasteiger partial charge is 0.442 e. The van der Waals surface area contributed by atoms with Crippen molar-refractivity contribution >= 4 is 61.4 Å². The second-order valence-corrected chi connectivity index (χ2v) is 13.4. The lowest BCUT2D eigenvalue weighted by Crippen LogP contribution is -2.71. The summed E-state index contributed by atoms with van der Waals surface area (Å²) < 4.78 is 1.72. The van der Waals surface area contributed by atoms with Gasteiger partial charge in [0, 0.05) is 22.8 Å². The van der Waals surface area contributed by atoms with E-state index in [4.69, 9.17) is 0 Å². The van der Waals surface area contributed by atoms with Crippen molar-refractivity contribution in [1.82, 2.24) is 20.0 Å². The molecule has 3 aliphatic rings. The third-order valence-corrected chi connectivity index (χ3v) is 11.9. The highest BCUT2D eigenvalue weighted by Crippen LogP contribution is 2.45. The monoisotopic (exact) mass is 506 g/mol. The average Bonchev–Trinajstić information content (AvgIpc) is 3.50. The highest BCUT2D eigenvalue weighted by Gasteiger charge is 2.54. The molecule has 0 aliphatic carbocycles. The van der Waals surface area contributed by atoms with Crippen LogP contribution in [0.15, 0.2) is 58.2 Å². The Labute approximate surface area is 199 Å². The van der Waals surface area contributed by atoms with Gasteiger partial charge in [-0.2, -0.15) is 5.10 Å². The van der Waals surface area contributed by atoms with Crippen molar-refractivity contribution in [3.63, 3.8) is 0 Å². The van der Waals surface area contributed by atoms with Crippen molar-refractivity contribution in [2.75, 3.05) is 17.3 Å². The molecule has 2 saturated heterocycles. The number of aliphatic carboxylic acids is 1. The fourth-order valence-corrected chi connectivity index (χ4v) is 10.0. The average molecular weight is 507 g/mol. The van der Waals surface area contributed by atoms with Crippen LogP contribution in [0, 0.1) is 0 Å². The van der Waals surface area contributed by atoms with Crippen LogP contribution in [0.1, 0.15) is 6.42 Å². The Morgan fingerprint density at radius 1 is 1.25 bits per heavy atom. The maximum absolute atomic E-state index is 12.8. The van der Waals surface area contributed by atoms with Gasteiger partial charge in [-0.15, -0.1) is 11.8 Å². The normalized spacial score (nSPS) is 24.8. The second-order valence-electron chi connectivity index (χ2n) is 7.12. The first kappa shape index (κ1) is 21.8. The number of benzene rings is 1. The highest BCUT2D eigenvalue weighted by molar-refractivity contribution is 8.79. The molecule has 166 valence electrons. The zero-order valence-electron chi connectivity index (χ0n) is 16.6. The molecular weight excluding hydrogens is 489 g/mol. The topological polar surface area (TPSA) is 107 Å². The van der Waals surface area contributed by atoms with E-state index in [-0.39, 0.29) is 10.9 Å². The Bertz CT molecular complexity index is 1100. The van der Waals surface area contributed by atoms with Gasteiger partial charge in [-0.25, -0.2) is 9.48 Å². The van der Waals surface area contributed by atoms with E-state index in [1.165, 1.54) is 28.4 Å². The highest BCUT2D eigenvalue weighted by atomic mass is 33.1. The van der Waals surface area contributed by atoms with E-state index in [0.717, 1.165) is 28.6 Å². The number of aromatic nitrogens is 2. The predicted molar refractivity (Wildman–Crippen MR) is 126 cm³/mol. The number of nitrogens with zero attached hydrogens (tertiary/aromatic N) is 3. The van der Waals surface area contributed by atoms with Gasteiger partial charge in [-0.05, 0) is 18.2 Å². The number of carbonyl (C=O) groups is 3. The molecule has 0 spiro atoms. The summed E-state index contributed by atoms with van der Waals surface area (Å²) in [6.07, 6.45) is 2.65. The lowest BCUT2D eigenvalue weighted by atomic mass is 10.1. The fourth-order valence-electron chi connectivity index (χ4n) is 3.66. The number of hydrogen-bond acceptors (Lipinski definition) is 8. The van der Waals surface area contributed by atoms with Gasteiger partial charge in [-0.3, -0.25) is 15.0 Å². The zero-order valence-corrected chi connectivity index (χ0v) is 19.9. The molecule has 32 heavy (non-hydrogen) atoms. The standard InChI is InChI=1S/C20H18N4O4S4/c25-17-15(22-20(28)32-10-4-9-30-32)18-23(17)16(19(26)27)13(11-29-18)31-14-7-8-21-24(14)12-5-2-1-3-6-12/h1-3,5-8,15,18H,4,9-11H2,(H-,22,26,27,28)/t15-,18-,32?/m1/s1. The second kappa shape index (κ2) is 9.08. The number of carbonyl (C=O) groups excluding carboxylic acids is 3. The Kier molecular flexibility index (Phi) is 6.19. The van der Waals surface area contributed by atoms with E-state index >= 15 is 0 Å². The molecule has 3 atom stereocenters. The SMILES string of the molecule is O=C([O-])C1=C(Sc2ccnn2-c2ccccc2)CS[C@@H]2[C@H](NC(=O)[S+]3CCCS3)C(=O)N12. The summed E-state index contributed by atoms with van der Waals surface area (Å²) in [5.41, 5.74) is 0.734. The molecule has 0 bridgehead atoms. The van der Waals surface area contributed by atoms with Crippen molar-refractivity contribution in [2.45, 2.75) is 22.9 Å². The Balaban J connectivity index is 1.37. The first-order valence-electron chi connectivity index (χ1n) is 9.86. The van der Waals surface area contributed by atoms with Gasteiger partial charge in [-0.1, -0.05) is 30.0 Å². The lowest BCUT2D eigenvalue weighted by molar-refractivity contribution is -0.301. The number of para-hydroxylation sites is 1. The molecule has 1 unspecified atom stereocenters. The maximum Gasteiger partial charge on any atom is 0.442 e. The summed E-state index contributed by atoms with van der Waals surface area (Å²) >= 11 is 2.71. The van der Waals surface area contributed by atoms with E-state index in [2.05, 4.69) is 10.4 Å². The molecule has 2 amide bonds. The number of rotatable bonds is 5. The number of thioether (sulfide) groups is 2. The van der Waals surface area contributed by atoms with E-state index in [9.17, 15) is 19.5 Å². The summed E-state index contributed by atoms with van der Waals surface area (Å²) in [5, 5.41) is 19.4. The minimum Gasteiger partial charge on any atom is -0.543 e. The number of amides is 2. The third kappa shape index (κ3) is 3.93. The number of fused-ring (bicyclic) bond motifs is 1. The first-order chi connectivity index (χ1) is 15.5. The van der Waals surface area contributed by atoms with E-state index in [0.29, 0.717) is 10.7 Å². The molecule has 1 aromatic heterocycles. The van der Waals surface area contributed by atoms with Gasteiger partial charge in [0.1, 0.15) is 33.0 Å². The number of nitrogens with one attached hydrogen (secondary N) is 1. The van der Waals surface area contributed by atoms with Gasteiger partial charge >= 0.3 is 5.24 Å². The van der Waals surface area contributed by atoms with Gasteiger partial charge < -0.3 is 9.90 Å². The van der Waals surface area contributed by atoms with Crippen LogP contribution in [0.4, 0.5) is 4.79 Å². The first-order valence-corrected chi connectivity index (χ1v) is 14.6. The van der Waals surface area contributed by atoms with E-state index in [1.807, 2.05) is 30.3 Å². The largest absolute Gasteiger partial charge is 0.543 e. The lowest BCUT2D eigenvalue weighted by Gasteiger charge is -2.50. The minimum atomic E-state index is -1.39. The summed E-state index contributed by atoms with van der Waals surface area (Å²) in [4.78, 5) is 39.1. The summed E-state index contributed by atoms with van der Waals surface area (Å²) in [7, 11) is 1.20. The molecule has 0 radical (unpaired) electrons. The van der Waals surface area contributed by atoms with Crippen molar-refractivity contribution in [2.24, 2.45) is 0 Å². The molecule has 8 nitrogen and oxygen atoms in total. The fraction of sp³-hybridized carbons (Fsp3) is 0.300. The summed E-state index contributed by atoms with van der Waals surface area (Å²) in [6, 6.07) is 10.6. The van der Waals surface area contributed by atoms with Gasteiger partial charge in [0.05, 0.1) is 23.6 Å². The number of hydrogen-bond donors (Lipinski definition) is 1. The predicted octanol–water partition coefficient (Wildman–Crippen LogP) is 1.59. The summed E-state index contributed by atoms with van der Waals surface area (Å²) in [5.74, 6) is 0.387. The molecule has 1 N–H and O–H groups in total. The van der Waals surface area contributed by atoms with Crippen molar-refractivity contribution in [1.29, 1.82) is 0 Å². The molecule has 4 heterocycles. The molecule has 2 aromatic rings. The van der Waals surface area contributed by atoms with Gasteiger partial charge in [0.15, 0.2) is 9.93 Å². The van der Waals surface area contributed by atoms with Crippen molar-refractivity contribution < 1.29 is 19.5 Å². The van der Waals surface area contributed by atoms with Gasteiger partial charge in [0.2, 0.25) is 0 Å². The van der Waals surface area contributed by atoms with Crippen LogP contribution < -0.4 is 10.4 Å². The van der Waals surface area contributed by atoms with Crippen LogP contribution in [0.3, 0.4) is 0 Å². The Hall–Kier alpha value is -2.02. The number of carboxylic acid groups (broad SMARTS) is 1. The Morgan fingerprint density at radius 3 is 2.78 bits per heavy atom. The van der Waals surface area contributed by atoms with Crippen LogP contribution in [0.2, 0.25) is 0 Å². The quantitative estimate of drug-likeness (QED) is 0.370. The molecule has 3 aliphatic heterocycles. The van der Waals surface area contributed by atoms with Crippen LogP contribution >= 0.6 is 34.3 Å². The van der Waals surface area contributed by atoms with E-state index in [1.54, 1.807) is 27.7 Å². The number of carboxylic acids is 1. The van der Waals surface area contributed by atoms with Crippen LogP contribution in [-0.4, -0.2) is 60.5 Å².